The number of morpholine rings is 1. The molecule has 1 aromatic heterocycles. The van der Waals surface area contributed by atoms with Gasteiger partial charge in [-0.2, -0.15) is 0 Å². The van der Waals surface area contributed by atoms with Crippen molar-refractivity contribution in [2.75, 3.05) is 31.2 Å². The fraction of sp³-hybridized carbons (Fsp3) is 0.348. The van der Waals surface area contributed by atoms with E-state index < -0.39 is 0 Å². The van der Waals surface area contributed by atoms with E-state index >= 15 is 0 Å². The highest BCUT2D eigenvalue weighted by Gasteiger charge is 2.25. The molecule has 0 aliphatic carbocycles. The van der Waals surface area contributed by atoms with Crippen LogP contribution < -0.4 is 10.2 Å². The van der Waals surface area contributed by atoms with Crippen LogP contribution in [-0.2, 0) is 16.1 Å². The Morgan fingerprint density at radius 1 is 1.16 bits per heavy atom. The molecule has 0 saturated carbocycles. The van der Waals surface area contributed by atoms with Gasteiger partial charge in [0.05, 0.1) is 24.2 Å². The number of nitrogens with one attached hydrogen (secondary N) is 1. The summed E-state index contributed by atoms with van der Waals surface area (Å²) in [5.74, 6) is 0.719. The molecule has 0 bridgehead atoms. The number of thioether (sulfide) groups is 1. The van der Waals surface area contributed by atoms with Crippen molar-refractivity contribution in [3.05, 3.63) is 64.7 Å². The fourth-order valence-electron chi connectivity index (χ4n) is 3.48. The van der Waals surface area contributed by atoms with Crippen molar-refractivity contribution >= 4 is 35.2 Å². The summed E-state index contributed by atoms with van der Waals surface area (Å²) in [5, 5.41) is 13.0. The number of halogens is 1. The second-order valence-electron chi connectivity index (χ2n) is 7.61. The Labute approximate surface area is 197 Å². The first-order valence-corrected chi connectivity index (χ1v) is 11.8. The van der Waals surface area contributed by atoms with E-state index in [-0.39, 0.29) is 11.2 Å². The predicted octanol–water partition coefficient (Wildman–Crippen LogP) is 3.86. The lowest BCUT2D eigenvalue weighted by atomic mass is 10.2. The van der Waals surface area contributed by atoms with Crippen LogP contribution in [0.2, 0.25) is 5.02 Å². The van der Waals surface area contributed by atoms with E-state index in [1.807, 2.05) is 47.9 Å². The predicted molar refractivity (Wildman–Crippen MR) is 128 cm³/mol. The minimum absolute atomic E-state index is 0.0581. The molecule has 9 heteroatoms. The summed E-state index contributed by atoms with van der Waals surface area (Å²) in [6, 6.07) is 15.6. The maximum absolute atomic E-state index is 12.8. The normalized spacial score (nSPS) is 14.9. The molecule has 7 nitrogen and oxygen atoms in total. The highest BCUT2D eigenvalue weighted by atomic mass is 35.5. The number of carbonyl (C=O) groups is 1. The van der Waals surface area contributed by atoms with E-state index in [2.05, 4.69) is 39.5 Å². The van der Waals surface area contributed by atoms with Gasteiger partial charge in [-0.05, 0) is 43.2 Å². The van der Waals surface area contributed by atoms with Crippen molar-refractivity contribution in [2.24, 2.45) is 0 Å². The molecule has 32 heavy (non-hydrogen) atoms. The van der Waals surface area contributed by atoms with Crippen LogP contribution in [0.5, 0.6) is 0 Å². The summed E-state index contributed by atoms with van der Waals surface area (Å²) < 4.78 is 7.55. The van der Waals surface area contributed by atoms with Crippen LogP contribution in [0.25, 0.3) is 5.69 Å². The zero-order chi connectivity index (χ0) is 22.5. The van der Waals surface area contributed by atoms with E-state index in [1.165, 1.54) is 11.8 Å². The zero-order valence-corrected chi connectivity index (χ0v) is 19.7. The van der Waals surface area contributed by atoms with Gasteiger partial charge in [0.1, 0.15) is 0 Å². The monoisotopic (exact) mass is 471 g/mol. The van der Waals surface area contributed by atoms with E-state index in [1.54, 1.807) is 0 Å². The molecule has 1 fully saturated rings. The fourth-order valence-corrected chi connectivity index (χ4v) is 4.48. The Bertz CT molecular complexity index is 1070. The van der Waals surface area contributed by atoms with Crippen molar-refractivity contribution in [1.82, 2.24) is 20.1 Å². The van der Waals surface area contributed by atoms with Crippen molar-refractivity contribution in [2.45, 2.75) is 30.8 Å². The molecule has 4 rings (SSSR count). The summed E-state index contributed by atoms with van der Waals surface area (Å²) in [5.41, 5.74) is 3.12. The van der Waals surface area contributed by atoms with E-state index in [0.29, 0.717) is 29.9 Å². The van der Waals surface area contributed by atoms with E-state index in [9.17, 15) is 4.79 Å². The number of hydrogen-bond acceptors (Lipinski definition) is 6. The molecule has 2 heterocycles. The molecule has 1 aliphatic heterocycles. The van der Waals surface area contributed by atoms with E-state index in [4.69, 9.17) is 16.3 Å². The van der Waals surface area contributed by atoms with Gasteiger partial charge in [-0.1, -0.05) is 53.7 Å². The minimum atomic E-state index is -0.341. The molecule has 1 aliphatic rings. The Kier molecular flexibility index (Phi) is 7.34. The van der Waals surface area contributed by atoms with Crippen LogP contribution >= 0.6 is 23.4 Å². The number of anilines is 1. The van der Waals surface area contributed by atoms with Gasteiger partial charge in [0.25, 0.3) is 0 Å². The lowest BCUT2D eigenvalue weighted by Gasteiger charge is -2.28. The smallest absolute Gasteiger partial charge is 0.233 e. The van der Waals surface area contributed by atoms with Gasteiger partial charge < -0.3 is 15.0 Å². The summed E-state index contributed by atoms with van der Waals surface area (Å²) in [7, 11) is 0. The molecular weight excluding hydrogens is 446 g/mol. The molecule has 1 saturated heterocycles. The van der Waals surface area contributed by atoms with Crippen molar-refractivity contribution in [3.8, 4) is 5.69 Å². The summed E-state index contributed by atoms with van der Waals surface area (Å²) in [4.78, 5) is 14.9. The van der Waals surface area contributed by atoms with Crippen LogP contribution in [0.4, 0.5) is 5.95 Å². The van der Waals surface area contributed by atoms with Crippen molar-refractivity contribution < 1.29 is 9.53 Å². The molecule has 1 amide bonds. The standard InChI is InChI=1S/C23H26ClN5O2S/c1-16-5-3-4-6-20(16)29-22(28-11-13-31-14-12-28)26-27-23(29)32-17(2)21(30)25-15-18-7-9-19(24)10-8-18/h3-10,17H,11-15H2,1-2H3,(H,25,30). The molecule has 0 spiro atoms. The van der Waals surface area contributed by atoms with Gasteiger partial charge in [0.15, 0.2) is 5.16 Å². The molecule has 1 atom stereocenters. The number of carbonyl (C=O) groups excluding carboxylic acids is 1. The minimum Gasteiger partial charge on any atom is -0.378 e. The molecule has 1 N–H and O–H groups in total. The quantitative estimate of drug-likeness (QED) is 0.527. The van der Waals surface area contributed by atoms with Gasteiger partial charge in [-0.3, -0.25) is 9.36 Å². The number of ether oxygens (including phenoxy) is 1. The highest BCUT2D eigenvalue weighted by Crippen LogP contribution is 2.31. The Balaban J connectivity index is 1.53. The Morgan fingerprint density at radius 2 is 1.88 bits per heavy atom. The van der Waals surface area contributed by atoms with Crippen LogP contribution in [0, 0.1) is 6.92 Å². The SMILES string of the molecule is Cc1ccccc1-n1c(SC(C)C(=O)NCc2ccc(Cl)cc2)nnc1N1CCOCC1. The van der Waals surface area contributed by atoms with Crippen LogP contribution in [0.1, 0.15) is 18.1 Å². The van der Waals surface area contributed by atoms with E-state index in [0.717, 1.165) is 35.9 Å². The molecular formula is C23H26ClN5O2S. The molecule has 168 valence electrons. The number of aryl methyl sites for hydroxylation is 1. The Hall–Kier alpha value is -2.55. The van der Waals surface area contributed by atoms with Gasteiger partial charge >= 0.3 is 0 Å². The first-order valence-electron chi connectivity index (χ1n) is 10.6. The number of amides is 1. The highest BCUT2D eigenvalue weighted by molar-refractivity contribution is 8.00. The summed E-state index contributed by atoms with van der Waals surface area (Å²) in [6.07, 6.45) is 0. The number of benzene rings is 2. The third-order valence-electron chi connectivity index (χ3n) is 5.30. The van der Waals surface area contributed by atoms with Crippen LogP contribution in [-0.4, -0.2) is 52.2 Å². The molecule has 3 aromatic rings. The van der Waals surface area contributed by atoms with Crippen LogP contribution in [0.15, 0.2) is 53.7 Å². The lowest BCUT2D eigenvalue weighted by Crippen LogP contribution is -2.38. The Morgan fingerprint density at radius 3 is 2.59 bits per heavy atom. The third-order valence-corrected chi connectivity index (χ3v) is 6.59. The topological polar surface area (TPSA) is 72.3 Å². The second-order valence-corrected chi connectivity index (χ2v) is 9.35. The first kappa shape index (κ1) is 22.6. The average molecular weight is 472 g/mol. The van der Waals surface area contributed by atoms with Crippen LogP contribution in [0.3, 0.4) is 0 Å². The maximum Gasteiger partial charge on any atom is 0.233 e. The number of para-hydroxylation sites is 1. The van der Waals surface area contributed by atoms with Gasteiger partial charge in [0.2, 0.25) is 11.9 Å². The molecule has 1 unspecified atom stereocenters. The number of rotatable bonds is 7. The maximum atomic E-state index is 12.8. The second kappa shape index (κ2) is 10.4. The van der Waals surface area contributed by atoms with Crippen molar-refractivity contribution in [3.63, 3.8) is 0 Å². The zero-order valence-electron chi connectivity index (χ0n) is 18.1. The molecule has 0 radical (unpaired) electrons. The number of aromatic nitrogens is 3. The molecule has 2 aromatic carbocycles. The van der Waals surface area contributed by atoms with Gasteiger partial charge in [-0.25, -0.2) is 0 Å². The van der Waals surface area contributed by atoms with Gasteiger partial charge in [-0.15, -0.1) is 10.2 Å². The number of hydrogen-bond donors (Lipinski definition) is 1. The first-order chi connectivity index (χ1) is 15.5. The summed E-state index contributed by atoms with van der Waals surface area (Å²) >= 11 is 7.34. The average Bonchev–Trinajstić information content (AvgIpc) is 3.22. The number of nitrogens with zero attached hydrogens (tertiary/aromatic N) is 4. The van der Waals surface area contributed by atoms with Crippen molar-refractivity contribution in [1.29, 1.82) is 0 Å². The van der Waals surface area contributed by atoms with Gasteiger partial charge in [0, 0.05) is 24.7 Å². The largest absolute Gasteiger partial charge is 0.378 e. The lowest BCUT2D eigenvalue weighted by molar-refractivity contribution is -0.120. The third kappa shape index (κ3) is 5.26. The summed E-state index contributed by atoms with van der Waals surface area (Å²) in [6.45, 7) is 7.23.